The largest absolute Gasteiger partial charge is 0.492 e. The van der Waals surface area contributed by atoms with Gasteiger partial charge < -0.3 is 21.1 Å². The summed E-state index contributed by atoms with van der Waals surface area (Å²) < 4.78 is 5.37. The van der Waals surface area contributed by atoms with Crippen molar-refractivity contribution in [2.45, 2.75) is 6.42 Å². The highest BCUT2D eigenvalue weighted by Gasteiger charge is 2.11. The summed E-state index contributed by atoms with van der Waals surface area (Å²) in [5.74, 6) is -0.350. The van der Waals surface area contributed by atoms with Crippen LogP contribution in [0.4, 0.5) is 5.69 Å². The summed E-state index contributed by atoms with van der Waals surface area (Å²) in [6.45, 7) is 0.167. The lowest BCUT2D eigenvalue weighted by Crippen LogP contribution is -2.23. The van der Waals surface area contributed by atoms with Crippen molar-refractivity contribution >= 4 is 17.5 Å². The number of hydrogen-bond acceptors (Lipinski definition) is 4. The molecule has 6 heteroatoms. The number of benzene rings is 1. The van der Waals surface area contributed by atoms with Crippen molar-refractivity contribution in [1.29, 1.82) is 0 Å². The van der Waals surface area contributed by atoms with Crippen LogP contribution in [0.2, 0.25) is 0 Å². The average molecular weight is 251 g/mol. The standard InChI is InChI=1S/C12H17N3O3/c1-15(2)11(16)5-6-18-10-7-8(13)3-4-9(10)12(14)17/h3-4,7H,5-6,13H2,1-2H3,(H2,14,17). The van der Waals surface area contributed by atoms with Gasteiger partial charge in [-0.1, -0.05) is 0 Å². The van der Waals surface area contributed by atoms with Gasteiger partial charge in [0.25, 0.3) is 5.91 Å². The number of ether oxygens (including phenoxy) is 1. The molecule has 0 radical (unpaired) electrons. The minimum atomic E-state index is -0.594. The summed E-state index contributed by atoms with van der Waals surface area (Å²) in [4.78, 5) is 24.0. The Morgan fingerprint density at radius 3 is 2.56 bits per heavy atom. The maximum Gasteiger partial charge on any atom is 0.252 e. The van der Waals surface area contributed by atoms with Crippen LogP contribution in [0.15, 0.2) is 18.2 Å². The van der Waals surface area contributed by atoms with Crippen molar-refractivity contribution in [1.82, 2.24) is 4.90 Å². The fourth-order valence-corrected chi connectivity index (χ4v) is 1.33. The van der Waals surface area contributed by atoms with Crippen LogP contribution in [0, 0.1) is 0 Å². The molecular formula is C12H17N3O3. The van der Waals surface area contributed by atoms with Crippen LogP contribution < -0.4 is 16.2 Å². The number of primary amides is 1. The van der Waals surface area contributed by atoms with Gasteiger partial charge in [0, 0.05) is 25.8 Å². The number of nitrogen functional groups attached to an aromatic ring is 1. The summed E-state index contributed by atoms with van der Waals surface area (Å²) in [6.07, 6.45) is 0.222. The SMILES string of the molecule is CN(C)C(=O)CCOc1cc(N)ccc1C(N)=O. The predicted molar refractivity (Wildman–Crippen MR) is 68.2 cm³/mol. The summed E-state index contributed by atoms with van der Waals surface area (Å²) in [5, 5.41) is 0. The first-order valence-corrected chi connectivity index (χ1v) is 5.44. The molecular weight excluding hydrogens is 234 g/mol. The second-order valence-electron chi connectivity index (χ2n) is 4.01. The van der Waals surface area contributed by atoms with Crippen molar-refractivity contribution in [3.05, 3.63) is 23.8 Å². The van der Waals surface area contributed by atoms with Crippen molar-refractivity contribution in [3.8, 4) is 5.75 Å². The smallest absolute Gasteiger partial charge is 0.252 e. The van der Waals surface area contributed by atoms with Crippen LogP contribution in [0.5, 0.6) is 5.75 Å². The lowest BCUT2D eigenvalue weighted by atomic mass is 10.1. The highest BCUT2D eigenvalue weighted by molar-refractivity contribution is 5.96. The maximum atomic E-state index is 11.3. The molecule has 0 aliphatic carbocycles. The van der Waals surface area contributed by atoms with Gasteiger partial charge in [-0.25, -0.2) is 0 Å². The Hall–Kier alpha value is -2.24. The third kappa shape index (κ3) is 3.65. The normalized spacial score (nSPS) is 9.89. The van der Waals surface area contributed by atoms with Gasteiger partial charge in [0.1, 0.15) is 5.75 Å². The fraction of sp³-hybridized carbons (Fsp3) is 0.333. The molecule has 1 aromatic carbocycles. The zero-order valence-electron chi connectivity index (χ0n) is 10.5. The molecule has 0 saturated carbocycles. The third-order valence-electron chi connectivity index (χ3n) is 2.34. The summed E-state index contributed by atoms with van der Waals surface area (Å²) in [6, 6.07) is 4.58. The zero-order valence-corrected chi connectivity index (χ0v) is 10.5. The van der Waals surface area contributed by atoms with E-state index in [-0.39, 0.29) is 24.5 Å². The van der Waals surface area contributed by atoms with Crippen molar-refractivity contribution in [2.75, 3.05) is 26.4 Å². The molecule has 0 aromatic heterocycles. The van der Waals surface area contributed by atoms with Gasteiger partial charge in [-0.3, -0.25) is 9.59 Å². The van der Waals surface area contributed by atoms with Gasteiger partial charge >= 0.3 is 0 Å². The molecule has 0 unspecified atom stereocenters. The molecule has 0 aliphatic rings. The molecule has 0 spiro atoms. The average Bonchev–Trinajstić information content (AvgIpc) is 2.28. The summed E-state index contributed by atoms with van der Waals surface area (Å²) in [5.41, 5.74) is 11.5. The molecule has 0 fully saturated rings. The minimum Gasteiger partial charge on any atom is -0.492 e. The molecule has 1 aromatic rings. The fourth-order valence-electron chi connectivity index (χ4n) is 1.33. The van der Waals surface area contributed by atoms with Crippen LogP contribution in [0.1, 0.15) is 16.8 Å². The van der Waals surface area contributed by atoms with Crippen LogP contribution in [0.25, 0.3) is 0 Å². The van der Waals surface area contributed by atoms with E-state index in [1.165, 1.54) is 17.0 Å². The van der Waals surface area contributed by atoms with Crippen molar-refractivity contribution in [3.63, 3.8) is 0 Å². The van der Waals surface area contributed by atoms with Gasteiger partial charge in [-0.2, -0.15) is 0 Å². The monoisotopic (exact) mass is 251 g/mol. The van der Waals surface area contributed by atoms with Gasteiger partial charge in [-0.05, 0) is 12.1 Å². The lowest BCUT2D eigenvalue weighted by Gasteiger charge is -2.12. The number of nitrogens with two attached hydrogens (primary N) is 2. The molecule has 4 N–H and O–H groups in total. The van der Waals surface area contributed by atoms with Crippen LogP contribution in [-0.2, 0) is 4.79 Å². The first-order valence-electron chi connectivity index (χ1n) is 5.44. The van der Waals surface area contributed by atoms with Gasteiger partial charge in [0.2, 0.25) is 5.91 Å². The number of nitrogens with zero attached hydrogens (tertiary/aromatic N) is 1. The molecule has 18 heavy (non-hydrogen) atoms. The van der Waals surface area contributed by atoms with E-state index < -0.39 is 5.91 Å². The molecule has 0 aliphatic heterocycles. The Labute approximate surface area is 105 Å². The van der Waals surface area contributed by atoms with E-state index in [0.717, 1.165) is 0 Å². The van der Waals surface area contributed by atoms with Gasteiger partial charge in [-0.15, -0.1) is 0 Å². The highest BCUT2D eigenvalue weighted by atomic mass is 16.5. The highest BCUT2D eigenvalue weighted by Crippen LogP contribution is 2.21. The van der Waals surface area contributed by atoms with Gasteiger partial charge in [0.05, 0.1) is 18.6 Å². The number of carbonyl (C=O) groups is 2. The number of hydrogen-bond donors (Lipinski definition) is 2. The Morgan fingerprint density at radius 2 is 2.00 bits per heavy atom. The van der Waals surface area contributed by atoms with Gasteiger partial charge in [0.15, 0.2) is 0 Å². The van der Waals surface area contributed by atoms with E-state index >= 15 is 0 Å². The second kappa shape index (κ2) is 5.90. The topological polar surface area (TPSA) is 98.7 Å². The summed E-state index contributed by atoms with van der Waals surface area (Å²) >= 11 is 0. The van der Waals surface area contributed by atoms with E-state index in [0.29, 0.717) is 11.4 Å². The number of amides is 2. The third-order valence-corrected chi connectivity index (χ3v) is 2.34. The molecule has 98 valence electrons. The molecule has 0 bridgehead atoms. The lowest BCUT2D eigenvalue weighted by molar-refractivity contribution is -0.129. The van der Waals surface area contributed by atoms with E-state index in [9.17, 15) is 9.59 Å². The number of rotatable bonds is 5. The van der Waals surface area contributed by atoms with E-state index in [1.54, 1.807) is 20.2 Å². The molecule has 2 amide bonds. The van der Waals surface area contributed by atoms with Crippen LogP contribution >= 0.6 is 0 Å². The van der Waals surface area contributed by atoms with Crippen LogP contribution in [-0.4, -0.2) is 37.4 Å². The van der Waals surface area contributed by atoms with Crippen molar-refractivity contribution in [2.24, 2.45) is 5.73 Å². The Morgan fingerprint density at radius 1 is 1.33 bits per heavy atom. The van der Waals surface area contributed by atoms with Crippen molar-refractivity contribution < 1.29 is 14.3 Å². The molecule has 1 rings (SSSR count). The first-order chi connectivity index (χ1) is 8.41. The van der Waals surface area contributed by atoms with E-state index in [2.05, 4.69) is 0 Å². The molecule has 0 atom stereocenters. The summed E-state index contributed by atoms with van der Waals surface area (Å²) in [7, 11) is 3.33. The first kappa shape index (κ1) is 13.8. The Kier molecular flexibility index (Phi) is 4.53. The zero-order chi connectivity index (χ0) is 13.7. The number of carbonyl (C=O) groups excluding carboxylic acids is 2. The Bertz CT molecular complexity index is 458. The van der Waals surface area contributed by atoms with Crippen LogP contribution in [0.3, 0.4) is 0 Å². The minimum absolute atomic E-state index is 0.0560. The molecule has 6 nitrogen and oxygen atoms in total. The second-order valence-corrected chi connectivity index (χ2v) is 4.01. The predicted octanol–water partition coefficient (Wildman–Crippen LogP) is 0.225. The van der Waals surface area contributed by atoms with E-state index in [4.69, 9.17) is 16.2 Å². The quantitative estimate of drug-likeness (QED) is 0.731. The Balaban J connectivity index is 2.69. The maximum absolute atomic E-state index is 11.3. The molecule has 0 saturated heterocycles. The molecule has 0 heterocycles. The van der Waals surface area contributed by atoms with E-state index in [1.807, 2.05) is 0 Å². The number of anilines is 1.